The molecular weight excluding hydrogens is 456 g/mol. The third-order valence-electron chi connectivity index (χ3n) is 5.69. The molecule has 3 heterocycles. The fraction of sp³-hybridized carbons (Fsp3) is 0.375. The Balaban J connectivity index is 1.55. The van der Waals surface area contributed by atoms with E-state index in [4.69, 9.17) is 9.72 Å². The number of ether oxygens (including phenoxy) is 1. The summed E-state index contributed by atoms with van der Waals surface area (Å²) in [7, 11) is 1.38. The van der Waals surface area contributed by atoms with Crippen molar-refractivity contribution in [1.29, 1.82) is 0 Å². The van der Waals surface area contributed by atoms with Crippen molar-refractivity contribution >= 4 is 38.5 Å². The first-order chi connectivity index (χ1) is 15.2. The summed E-state index contributed by atoms with van der Waals surface area (Å²) in [6.45, 7) is 4.46. The molecule has 0 radical (unpaired) electrons. The first-order valence-electron chi connectivity index (χ1n) is 10.7. The van der Waals surface area contributed by atoms with Crippen molar-refractivity contribution in [3.05, 3.63) is 52.8 Å². The van der Waals surface area contributed by atoms with Crippen LogP contribution >= 0.6 is 15.9 Å². The molecule has 31 heavy (non-hydrogen) atoms. The molecule has 0 aliphatic carbocycles. The van der Waals surface area contributed by atoms with Gasteiger partial charge in [-0.15, -0.1) is 0 Å². The van der Waals surface area contributed by atoms with Crippen LogP contribution in [0.1, 0.15) is 36.0 Å². The number of nitrogens with zero attached hydrogens (tertiary/aromatic N) is 3. The first kappa shape index (κ1) is 21.7. The fourth-order valence-corrected chi connectivity index (χ4v) is 4.42. The van der Waals surface area contributed by atoms with Gasteiger partial charge in [-0.3, -0.25) is 4.98 Å². The number of pyridine rings is 2. The van der Waals surface area contributed by atoms with Crippen LogP contribution in [0, 0.1) is 0 Å². The van der Waals surface area contributed by atoms with Crippen LogP contribution in [0.25, 0.3) is 22.2 Å². The Labute approximate surface area is 191 Å². The minimum atomic E-state index is -0.345. The van der Waals surface area contributed by atoms with Crippen LogP contribution in [0.5, 0.6) is 0 Å². The predicted molar refractivity (Wildman–Crippen MR) is 127 cm³/mol. The number of fused-ring (bicyclic) bond motifs is 1. The van der Waals surface area contributed by atoms with Crippen LogP contribution in [-0.2, 0) is 4.74 Å². The molecule has 4 rings (SSSR count). The molecule has 1 aromatic carbocycles. The Hall–Kier alpha value is -2.51. The van der Waals surface area contributed by atoms with Gasteiger partial charge in [0.25, 0.3) is 0 Å². The summed E-state index contributed by atoms with van der Waals surface area (Å²) in [6, 6.07) is 9.39. The molecule has 1 aliphatic heterocycles. The van der Waals surface area contributed by atoms with Crippen LogP contribution in [0.15, 0.2) is 47.2 Å². The summed E-state index contributed by atoms with van der Waals surface area (Å²) >= 11 is 3.59. The largest absolute Gasteiger partial charge is 0.465 e. The number of hydrogen-bond donors (Lipinski definition) is 1. The molecule has 162 valence electrons. The Morgan fingerprint density at radius 3 is 2.68 bits per heavy atom. The Morgan fingerprint density at radius 2 is 1.94 bits per heavy atom. The van der Waals surface area contributed by atoms with Crippen molar-refractivity contribution in [2.24, 2.45) is 0 Å². The van der Waals surface area contributed by atoms with Gasteiger partial charge < -0.3 is 15.0 Å². The molecule has 7 heteroatoms. The van der Waals surface area contributed by atoms with Crippen molar-refractivity contribution in [2.75, 3.05) is 38.6 Å². The summed E-state index contributed by atoms with van der Waals surface area (Å²) in [5.74, 6) is -0.345. The molecule has 0 spiro atoms. The lowest BCUT2D eigenvalue weighted by Gasteiger charge is -2.26. The summed E-state index contributed by atoms with van der Waals surface area (Å²) in [5, 5.41) is 4.59. The number of hydrogen-bond acceptors (Lipinski definition) is 6. The van der Waals surface area contributed by atoms with Crippen molar-refractivity contribution in [3.63, 3.8) is 0 Å². The number of halogens is 1. The van der Waals surface area contributed by atoms with Crippen molar-refractivity contribution < 1.29 is 9.53 Å². The molecule has 0 amide bonds. The van der Waals surface area contributed by atoms with Crippen molar-refractivity contribution in [3.8, 4) is 11.3 Å². The molecule has 1 aliphatic rings. The molecule has 0 bridgehead atoms. The minimum absolute atomic E-state index is 0.345. The Kier molecular flexibility index (Phi) is 7.14. The molecule has 1 saturated heterocycles. The van der Waals surface area contributed by atoms with E-state index in [0.29, 0.717) is 5.56 Å². The van der Waals surface area contributed by atoms with E-state index in [-0.39, 0.29) is 5.97 Å². The monoisotopic (exact) mass is 482 g/mol. The number of likely N-dealkylation sites (tertiary alicyclic amines) is 1. The first-order valence-corrected chi connectivity index (χ1v) is 11.5. The molecule has 0 atom stereocenters. The van der Waals surface area contributed by atoms with Crippen molar-refractivity contribution in [2.45, 2.75) is 25.7 Å². The van der Waals surface area contributed by atoms with Gasteiger partial charge in [0.05, 0.1) is 28.4 Å². The maximum Gasteiger partial charge on any atom is 0.337 e. The second kappa shape index (κ2) is 10.2. The highest BCUT2D eigenvalue weighted by Crippen LogP contribution is 2.31. The lowest BCUT2D eigenvalue weighted by molar-refractivity contribution is 0.0601. The predicted octanol–water partition coefficient (Wildman–Crippen LogP) is 5.13. The van der Waals surface area contributed by atoms with E-state index < -0.39 is 0 Å². The topological polar surface area (TPSA) is 67.3 Å². The molecule has 0 saturated carbocycles. The van der Waals surface area contributed by atoms with Gasteiger partial charge >= 0.3 is 5.97 Å². The third-order valence-corrected chi connectivity index (χ3v) is 6.27. The van der Waals surface area contributed by atoms with Gasteiger partial charge in [0.15, 0.2) is 0 Å². The second-order valence-corrected chi connectivity index (χ2v) is 8.68. The minimum Gasteiger partial charge on any atom is -0.465 e. The summed E-state index contributed by atoms with van der Waals surface area (Å²) in [6.07, 6.45) is 8.71. The van der Waals surface area contributed by atoms with E-state index in [9.17, 15) is 4.79 Å². The fourth-order valence-electron chi connectivity index (χ4n) is 4.00. The van der Waals surface area contributed by atoms with Gasteiger partial charge in [-0.05, 0) is 73.0 Å². The molecule has 6 nitrogen and oxygen atoms in total. The number of aromatic nitrogens is 2. The van der Waals surface area contributed by atoms with E-state index in [1.165, 1.54) is 39.5 Å². The Morgan fingerprint density at radius 1 is 1.16 bits per heavy atom. The lowest BCUT2D eigenvalue weighted by Crippen LogP contribution is -2.31. The van der Waals surface area contributed by atoms with Gasteiger partial charge in [0.2, 0.25) is 0 Å². The van der Waals surface area contributed by atoms with E-state index in [2.05, 4.69) is 37.2 Å². The number of carbonyl (C=O) groups excluding carboxylic acids is 1. The number of benzene rings is 1. The number of piperidine rings is 1. The van der Waals surface area contributed by atoms with Gasteiger partial charge in [-0.2, -0.15) is 0 Å². The van der Waals surface area contributed by atoms with Crippen molar-refractivity contribution in [1.82, 2.24) is 14.9 Å². The number of esters is 1. The Bertz CT molecular complexity index is 1050. The number of nitrogens with one attached hydrogen (secondary N) is 1. The molecule has 3 aromatic rings. The summed E-state index contributed by atoms with van der Waals surface area (Å²) < 4.78 is 5.65. The zero-order chi connectivity index (χ0) is 21.6. The number of anilines is 1. The van der Waals surface area contributed by atoms with E-state index in [1.807, 2.05) is 18.3 Å². The van der Waals surface area contributed by atoms with E-state index in [1.54, 1.807) is 18.3 Å². The summed E-state index contributed by atoms with van der Waals surface area (Å²) in [5.41, 5.74) is 4.19. The zero-order valence-corrected chi connectivity index (χ0v) is 19.3. The second-order valence-electron chi connectivity index (χ2n) is 7.82. The SMILES string of the molecule is COC(=O)c1ccc(-c2cc(NCCCN3CCCCC3)c3cncc(Br)c3n2)cc1. The third kappa shape index (κ3) is 5.22. The average Bonchev–Trinajstić information content (AvgIpc) is 2.82. The van der Waals surface area contributed by atoms with Gasteiger partial charge in [0, 0.05) is 35.6 Å². The zero-order valence-electron chi connectivity index (χ0n) is 17.7. The maximum atomic E-state index is 11.7. The van der Waals surface area contributed by atoms with E-state index >= 15 is 0 Å². The quantitative estimate of drug-likeness (QED) is 0.371. The number of carbonyl (C=O) groups is 1. The van der Waals surface area contributed by atoms with Crippen LogP contribution in [0.3, 0.4) is 0 Å². The van der Waals surface area contributed by atoms with Crippen LogP contribution in [-0.4, -0.2) is 54.1 Å². The highest BCUT2D eigenvalue weighted by atomic mass is 79.9. The van der Waals surface area contributed by atoms with Crippen LogP contribution in [0.2, 0.25) is 0 Å². The van der Waals surface area contributed by atoms with Gasteiger partial charge in [-0.25, -0.2) is 9.78 Å². The highest BCUT2D eigenvalue weighted by Gasteiger charge is 2.13. The van der Waals surface area contributed by atoms with Gasteiger partial charge in [-0.1, -0.05) is 18.6 Å². The number of rotatable bonds is 7. The molecule has 1 N–H and O–H groups in total. The smallest absolute Gasteiger partial charge is 0.337 e. The normalized spacial score (nSPS) is 14.5. The highest BCUT2D eigenvalue weighted by molar-refractivity contribution is 9.10. The molecule has 2 aromatic heterocycles. The summed E-state index contributed by atoms with van der Waals surface area (Å²) in [4.78, 5) is 23.5. The van der Waals surface area contributed by atoms with Gasteiger partial charge in [0.1, 0.15) is 0 Å². The van der Waals surface area contributed by atoms with Crippen LogP contribution in [0.4, 0.5) is 5.69 Å². The standard InChI is InChI=1S/C24H27BrN4O2/c1-31-24(30)18-8-6-17(7-9-18)21-14-22(19-15-26-16-20(25)23(19)28-21)27-10-5-13-29-11-3-2-4-12-29/h6-9,14-16H,2-5,10-13H2,1H3,(H,27,28). The maximum absolute atomic E-state index is 11.7. The molecule has 0 unspecified atom stereocenters. The molecule has 1 fully saturated rings. The van der Waals surface area contributed by atoms with Crippen LogP contribution < -0.4 is 5.32 Å². The average molecular weight is 483 g/mol. The lowest BCUT2D eigenvalue weighted by atomic mass is 10.1. The van der Waals surface area contributed by atoms with E-state index in [0.717, 1.165) is 51.8 Å². The molecular formula is C24H27BrN4O2. The number of methoxy groups -OCH3 is 1.